The Morgan fingerprint density at radius 3 is 2.59 bits per heavy atom. The molecule has 0 aliphatic rings. The predicted molar refractivity (Wildman–Crippen MR) is 69.5 cm³/mol. The van der Waals surface area contributed by atoms with E-state index in [-0.39, 0.29) is 11.2 Å². The minimum absolute atomic E-state index is 0.0349. The monoisotopic (exact) mass is 290 g/mol. The van der Waals surface area contributed by atoms with Crippen molar-refractivity contribution in [2.75, 3.05) is 0 Å². The molecular formula is C10H8Cl2N2O2S. The summed E-state index contributed by atoms with van der Waals surface area (Å²) in [7, 11) is 0. The van der Waals surface area contributed by atoms with Crippen LogP contribution in [-0.2, 0) is 0 Å². The van der Waals surface area contributed by atoms with Crippen molar-refractivity contribution in [3.05, 3.63) is 53.4 Å². The zero-order valence-electron chi connectivity index (χ0n) is 8.74. The van der Waals surface area contributed by atoms with Gasteiger partial charge in [0, 0.05) is 10.9 Å². The first-order valence-electron chi connectivity index (χ1n) is 4.75. The van der Waals surface area contributed by atoms with E-state index in [0.717, 1.165) is 9.44 Å². The highest BCUT2D eigenvalue weighted by atomic mass is 35.5. The summed E-state index contributed by atoms with van der Waals surface area (Å²) < 4.78 is 1.72. The number of aromatic amines is 1. The van der Waals surface area contributed by atoms with Crippen LogP contribution in [0.4, 0.5) is 0 Å². The average Bonchev–Trinajstić information content (AvgIpc) is 2.63. The molecule has 0 fully saturated rings. The Labute approximate surface area is 110 Å². The van der Waals surface area contributed by atoms with Crippen molar-refractivity contribution < 1.29 is 0 Å². The lowest BCUT2D eigenvalue weighted by atomic mass is 10.3. The lowest BCUT2D eigenvalue weighted by Crippen LogP contribution is -2.36. The molecule has 2 heterocycles. The summed E-state index contributed by atoms with van der Waals surface area (Å²) in [5.74, 6) is 0. The number of aromatic nitrogens is 2. The Morgan fingerprint density at radius 1 is 1.35 bits per heavy atom. The molecule has 2 aromatic heterocycles. The van der Waals surface area contributed by atoms with Crippen LogP contribution in [0.2, 0.25) is 9.49 Å². The number of halogens is 2. The molecule has 7 heteroatoms. The second-order valence-electron chi connectivity index (χ2n) is 3.45. The molecule has 2 aromatic rings. The van der Waals surface area contributed by atoms with Crippen LogP contribution in [0.25, 0.3) is 0 Å². The molecule has 1 atom stereocenters. The molecule has 0 bridgehead atoms. The summed E-state index contributed by atoms with van der Waals surface area (Å²) in [4.78, 5) is 26.6. The number of nitrogens with zero attached hydrogens (tertiary/aromatic N) is 1. The topological polar surface area (TPSA) is 54.9 Å². The molecule has 1 unspecified atom stereocenters. The maximum absolute atomic E-state index is 11.7. The molecule has 2 rings (SSSR count). The van der Waals surface area contributed by atoms with E-state index in [1.165, 1.54) is 17.4 Å². The zero-order chi connectivity index (χ0) is 12.6. The summed E-state index contributed by atoms with van der Waals surface area (Å²) in [6.45, 7) is 1.76. The van der Waals surface area contributed by atoms with Gasteiger partial charge in [0.15, 0.2) is 0 Å². The van der Waals surface area contributed by atoms with E-state index in [1.54, 1.807) is 19.1 Å². The maximum Gasteiger partial charge on any atom is 0.330 e. The van der Waals surface area contributed by atoms with Crippen LogP contribution in [0.15, 0.2) is 27.8 Å². The van der Waals surface area contributed by atoms with Gasteiger partial charge in [0.2, 0.25) is 0 Å². The summed E-state index contributed by atoms with van der Waals surface area (Å²) in [6, 6.07) is 4.32. The fourth-order valence-electron chi connectivity index (χ4n) is 1.52. The van der Waals surface area contributed by atoms with E-state index >= 15 is 0 Å². The van der Waals surface area contributed by atoms with Gasteiger partial charge < -0.3 is 0 Å². The lowest BCUT2D eigenvalue weighted by molar-refractivity contribution is 0.586. The van der Waals surface area contributed by atoms with Crippen LogP contribution >= 0.6 is 34.5 Å². The number of nitrogens with one attached hydrogen (secondary N) is 1. The molecular weight excluding hydrogens is 283 g/mol. The third-order valence-electron chi connectivity index (χ3n) is 2.33. The molecule has 1 N–H and O–H groups in total. The molecule has 0 aliphatic carbocycles. The quantitative estimate of drug-likeness (QED) is 0.864. The van der Waals surface area contributed by atoms with Gasteiger partial charge in [-0.2, -0.15) is 0 Å². The fraction of sp³-hybridized carbons (Fsp3) is 0.200. The van der Waals surface area contributed by atoms with Gasteiger partial charge in [-0.3, -0.25) is 14.3 Å². The minimum atomic E-state index is -0.528. The minimum Gasteiger partial charge on any atom is -0.298 e. The van der Waals surface area contributed by atoms with Crippen LogP contribution in [0.1, 0.15) is 17.8 Å². The van der Waals surface area contributed by atoms with Gasteiger partial charge in [-0.15, -0.1) is 11.3 Å². The maximum atomic E-state index is 11.7. The molecule has 0 spiro atoms. The van der Waals surface area contributed by atoms with Gasteiger partial charge in [0.25, 0.3) is 5.56 Å². The number of rotatable bonds is 2. The highest BCUT2D eigenvalue weighted by molar-refractivity contribution is 7.16. The number of hydrogen-bond acceptors (Lipinski definition) is 3. The molecule has 0 radical (unpaired) electrons. The van der Waals surface area contributed by atoms with Gasteiger partial charge in [-0.25, -0.2) is 4.79 Å². The van der Waals surface area contributed by atoms with E-state index in [0.29, 0.717) is 4.34 Å². The van der Waals surface area contributed by atoms with E-state index in [9.17, 15) is 9.59 Å². The predicted octanol–water partition coefficient (Wildman–Crippen LogP) is 2.51. The van der Waals surface area contributed by atoms with Crippen LogP contribution in [0.5, 0.6) is 0 Å². The van der Waals surface area contributed by atoms with E-state index in [1.807, 2.05) is 0 Å². The van der Waals surface area contributed by atoms with Crippen molar-refractivity contribution in [3.63, 3.8) is 0 Å². The van der Waals surface area contributed by atoms with E-state index in [2.05, 4.69) is 4.98 Å². The molecule has 0 aliphatic heterocycles. The smallest absolute Gasteiger partial charge is 0.298 e. The van der Waals surface area contributed by atoms with Crippen LogP contribution in [0, 0.1) is 0 Å². The Hall–Kier alpha value is -1.04. The first-order valence-corrected chi connectivity index (χ1v) is 6.33. The van der Waals surface area contributed by atoms with Crippen molar-refractivity contribution >= 4 is 34.5 Å². The molecule has 0 amide bonds. The highest BCUT2D eigenvalue weighted by Crippen LogP contribution is 2.27. The first-order chi connectivity index (χ1) is 7.99. The summed E-state index contributed by atoms with van der Waals surface area (Å²) >= 11 is 12.7. The fourth-order valence-corrected chi connectivity index (χ4v) is 2.80. The average molecular weight is 291 g/mol. The van der Waals surface area contributed by atoms with Gasteiger partial charge in [-0.1, -0.05) is 23.2 Å². The van der Waals surface area contributed by atoms with Gasteiger partial charge in [-0.05, 0) is 19.1 Å². The third kappa shape index (κ3) is 2.46. The summed E-state index contributed by atoms with van der Waals surface area (Å²) in [5, 5.41) is 0.0349. The van der Waals surface area contributed by atoms with Crippen LogP contribution < -0.4 is 11.2 Å². The van der Waals surface area contributed by atoms with Crippen molar-refractivity contribution in [1.82, 2.24) is 9.55 Å². The van der Waals surface area contributed by atoms with Crippen LogP contribution in [0.3, 0.4) is 0 Å². The van der Waals surface area contributed by atoms with E-state index in [4.69, 9.17) is 23.2 Å². The van der Waals surface area contributed by atoms with Crippen LogP contribution in [-0.4, -0.2) is 9.55 Å². The van der Waals surface area contributed by atoms with Crippen molar-refractivity contribution in [3.8, 4) is 0 Å². The largest absolute Gasteiger partial charge is 0.330 e. The summed E-state index contributed by atoms with van der Waals surface area (Å²) in [6.07, 6.45) is 0. The highest BCUT2D eigenvalue weighted by Gasteiger charge is 2.15. The van der Waals surface area contributed by atoms with Crippen molar-refractivity contribution in [2.45, 2.75) is 13.0 Å². The summed E-state index contributed by atoms with van der Waals surface area (Å²) in [5.41, 5.74) is -0.963. The van der Waals surface area contributed by atoms with Gasteiger partial charge in [0.1, 0.15) is 5.15 Å². The Kier molecular flexibility index (Phi) is 3.42. The van der Waals surface area contributed by atoms with E-state index < -0.39 is 11.2 Å². The first kappa shape index (κ1) is 12.4. The number of thiophene rings is 1. The molecule has 90 valence electrons. The molecule has 17 heavy (non-hydrogen) atoms. The van der Waals surface area contributed by atoms with Gasteiger partial charge in [0.05, 0.1) is 10.4 Å². The third-order valence-corrected chi connectivity index (χ3v) is 3.93. The molecule has 0 aromatic carbocycles. The Bertz CT molecular complexity index is 628. The van der Waals surface area contributed by atoms with Crippen molar-refractivity contribution in [2.24, 2.45) is 0 Å². The standard InChI is InChI=1S/C10H8Cl2N2O2S/c1-5(6-2-3-8(12)17-6)14-9(15)4-7(11)13-10(14)16/h2-5H,1H3,(H,13,16). The van der Waals surface area contributed by atoms with Crippen molar-refractivity contribution in [1.29, 1.82) is 0 Å². The Balaban J connectivity index is 2.55. The molecule has 0 saturated heterocycles. The van der Waals surface area contributed by atoms with Gasteiger partial charge >= 0.3 is 5.69 Å². The zero-order valence-corrected chi connectivity index (χ0v) is 11.1. The number of hydrogen-bond donors (Lipinski definition) is 1. The Morgan fingerprint density at radius 2 is 2.06 bits per heavy atom. The SMILES string of the molecule is CC(c1ccc(Cl)s1)n1c(=O)cc(Cl)[nH]c1=O. The second kappa shape index (κ2) is 4.68. The normalized spacial score (nSPS) is 12.6. The lowest BCUT2D eigenvalue weighted by Gasteiger charge is -2.11. The number of H-pyrrole nitrogens is 1. The molecule has 4 nitrogen and oxygen atoms in total. The molecule has 0 saturated carbocycles. The second-order valence-corrected chi connectivity index (χ2v) is 5.60.